The largest absolute Gasteiger partial charge is 0.338 e. The van der Waals surface area contributed by atoms with E-state index in [-0.39, 0.29) is 17.9 Å². The van der Waals surface area contributed by atoms with Crippen LogP contribution in [0.2, 0.25) is 0 Å². The van der Waals surface area contributed by atoms with Gasteiger partial charge in [-0.2, -0.15) is 0 Å². The van der Waals surface area contributed by atoms with E-state index in [0.717, 1.165) is 28.0 Å². The van der Waals surface area contributed by atoms with E-state index in [9.17, 15) is 4.79 Å². The van der Waals surface area contributed by atoms with Gasteiger partial charge in [-0.05, 0) is 35.3 Å². The monoisotopic (exact) mass is 332 g/mol. The highest BCUT2D eigenvalue weighted by molar-refractivity contribution is 5.80. The third-order valence-corrected chi connectivity index (χ3v) is 4.56. The SMILES string of the molecule is CC1CC(=O)NNC1c1ccc2nc(/C=C/c3ccccc3)[nH]c2c1. The molecule has 2 atom stereocenters. The van der Waals surface area contributed by atoms with E-state index >= 15 is 0 Å². The standard InChI is InChI=1S/C20H20N4O/c1-13-11-19(25)23-24-20(13)15-8-9-16-17(12-15)22-18(21-16)10-7-14-5-3-2-4-6-14/h2-10,12-13,20,24H,11H2,1H3,(H,21,22)(H,23,25)/b10-7+. The number of H-pyrrole nitrogens is 1. The summed E-state index contributed by atoms with van der Waals surface area (Å²) in [5, 5.41) is 0. The van der Waals surface area contributed by atoms with E-state index in [4.69, 9.17) is 0 Å². The van der Waals surface area contributed by atoms with Crippen molar-refractivity contribution in [2.75, 3.05) is 0 Å². The fourth-order valence-electron chi connectivity index (χ4n) is 3.23. The molecule has 0 saturated carbocycles. The van der Waals surface area contributed by atoms with Gasteiger partial charge in [0.1, 0.15) is 5.82 Å². The van der Waals surface area contributed by atoms with Gasteiger partial charge in [-0.1, -0.05) is 49.4 Å². The summed E-state index contributed by atoms with van der Waals surface area (Å²) in [6.45, 7) is 2.08. The van der Waals surface area contributed by atoms with Crippen LogP contribution >= 0.6 is 0 Å². The van der Waals surface area contributed by atoms with Crippen molar-refractivity contribution in [3.05, 3.63) is 65.5 Å². The Balaban J connectivity index is 1.59. The maximum Gasteiger partial charge on any atom is 0.234 e. The molecule has 2 heterocycles. The fourth-order valence-corrected chi connectivity index (χ4v) is 3.23. The van der Waals surface area contributed by atoms with Crippen molar-refractivity contribution in [2.24, 2.45) is 5.92 Å². The van der Waals surface area contributed by atoms with E-state index in [0.29, 0.717) is 6.42 Å². The first-order chi connectivity index (χ1) is 12.2. The molecule has 1 aliphatic rings. The lowest BCUT2D eigenvalue weighted by Crippen LogP contribution is -2.48. The number of benzene rings is 2. The second kappa shape index (κ2) is 6.53. The second-order valence-electron chi connectivity index (χ2n) is 6.49. The minimum absolute atomic E-state index is 0.0414. The first-order valence-electron chi connectivity index (χ1n) is 8.46. The quantitative estimate of drug-likeness (QED) is 0.688. The molecular formula is C20H20N4O. The van der Waals surface area contributed by atoms with Crippen molar-refractivity contribution in [2.45, 2.75) is 19.4 Å². The molecule has 126 valence electrons. The van der Waals surface area contributed by atoms with Crippen molar-refractivity contribution >= 4 is 29.1 Å². The zero-order chi connectivity index (χ0) is 17.2. The van der Waals surface area contributed by atoms with Gasteiger partial charge >= 0.3 is 0 Å². The van der Waals surface area contributed by atoms with Gasteiger partial charge in [-0.3, -0.25) is 10.2 Å². The summed E-state index contributed by atoms with van der Waals surface area (Å²) >= 11 is 0. The molecule has 2 unspecified atom stereocenters. The van der Waals surface area contributed by atoms with Gasteiger partial charge < -0.3 is 4.98 Å². The highest BCUT2D eigenvalue weighted by atomic mass is 16.2. The minimum atomic E-state index is 0.0414. The number of imidazole rings is 1. The maximum absolute atomic E-state index is 11.5. The third-order valence-electron chi connectivity index (χ3n) is 4.56. The molecule has 0 spiro atoms. The summed E-state index contributed by atoms with van der Waals surface area (Å²) in [4.78, 5) is 19.4. The summed E-state index contributed by atoms with van der Waals surface area (Å²) in [6, 6.07) is 16.4. The van der Waals surface area contributed by atoms with Gasteiger partial charge in [0.15, 0.2) is 0 Å². The molecule has 3 aromatic rings. The van der Waals surface area contributed by atoms with Crippen molar-refractivity contribution in [1.82, 2.24) is 20.8 Å². The molecule has 1 fully saturated rings. The molecule has 1 saturated heterocycles. The van der Waals surface area contributed by atoms with E-state index in [1.807, 2.05) is 36.4 Å². The molecule has 2 aromatic carbocycles. The minimum Gasteiger partial charge on any atom is -0.338 e. The van der Waals surface area contributed by atoms with Crippen LogP contribution in [0.3, 0.4) is 0 Å². The van der Waals surface area contributed by atoms with Crippen molar-refractivity contribution in [3.63, 3.8) is 0 Å². The summed E-state index contributed by atoms with van der Waals surface area (Å²) < 4.78 is 0. The molecule has 3 N–H and O–H groups in total. The van der Waals surface area contributed by atoms with E-state index in [2.05, 4.69) is 52.0 Å². The molecule has 4 rings (SSSR count). The average molecular weight is 332 g/mol. The van der Waals surface area contributed by atoms with Crippen LogP contribution in [0.15, 0.2) is 48.5 Å². The zero-order valence-corrected chi connectivity index (χ0v) is 14.0. The second-order valence-corrected chi connectivity index (χ2v) is 6.49. The normalized spacial score (nSPS) is 20.9. The van der Waals surface area contributed by atoms with E-state index in [1.165, 1.54) is 0 Å². The lowest BCUT2D eigenvalue weighted by atomic mass is 9.90. The van der Waals surface area contributed by atoms with E-state index in [1.54, 1.807) is 0 Å². The number of amides is 1. The molecular weight excluding hydrogens is 312 g/mol. The number of hydrogen-bond acceptors (Lipinski definition) is 3. The lowest BCUT2D eigenvalue weighted by Gasteiger charge is -2.30. The number of carbonyl (C=O) groups excluding carboxylic acids is 1. The predicted molar refractivity (Wildman–Crippen MR) is 99.3 cm³/mol. The molecule has 5 heteroatoms. The number of aromatic nitrogens is 2. The third kappa shape index (κ3) is 3.32. The Morgan fingerprint density at radius 3 is 2.76 bits per heavy atom. The summed E-state index contributed by atoms with van der Waals surface area (Å²) in [5.41, 5.74) is 10.0. The summed E-state index contributed by atoms with van der Waals surface area (Å²) in [6.07, 6.45) is 4.55. The Labute approximate surface area is 146 Å². The van der Waals surface area contributed by atoms with E-state index < -0.39 is 0 Å². The van der Waals surface area contributed by atoms with Crippen LogP contribution in [0.5, 0.6) is 0 Å². The molecule has 0 radical (unpaired) electrons. The number of carbonyl (C=O) groups is 1. The van der Waals surface area contributed by atoms with Crippen molar-refractivity contribution in [1.29, 1.82) is 0 Å². The predicted octanol–water partition coefficient (Wildman–Crippen LogP) is 3.44. The Morgan fingerprint density at radius 2 is 1.96 bits per heavy atom. The van der Waals surface area contributed by atoms with Gasteiger partial charge in [0, 0.05) is 6.42 Å². The topological polar surface area (TPSA) is 69.8 Å². The van der Waals surface area contributed by atoms with Crippen LogP contribution in [-0.2, 0) is 4.79 Å². The van der Waals surface area contributed by atoms with Crippen molar-refractivity contribution in [3.8, 4) is 0 Å². The first-order valence-corrected chi connectivity index (χ1v) is 8.46. The van der Waals surface area contributed by atoms with Crippen molar-refractivity contribution < 1.29 is 4.79 Å². The van der Waals surface area contributed by atoms with Crippen LogP contribution in [0.4, 0.5) is 0 Å². The number of hydrogen-bond donors (Lipinski definition) is 3. The lowest BCUT2D eigenvalue weighted by molar-refractivity contribution is -0.125. The number of aromatic amines is 1. The van der Waals surface area contributed by atoms with Gasteiger partial charge in [0.05, 0.1) is 17.1 Å². The van der Waals surface area contributed by atoms with Crippen LogP contribution in [0.1, 0.15) is 36.3 Å². The van der Waals surface area contributed by atoms with Gasteiger partial charge in [0.25, 0.3) is 0 Å². The smallest absolute Gasteiger partial charge is 0.234 e. The molecule has 0 aliphatic carbocycles. The number of hydrazine groups is 1. The number of nitrogens with one attached hydrogen (secondary N) is 3. The highest BCUT2D eigenvalue weighted by Crippen LogP contribution is 2.28. The Hall–Kier alpha value is -2.92. The van der Waals surface area contributed by atoms with Crippen LogP contribution in [-0.4, -0.2) is 15.9 Å². The molecule has 5 nitrogen and oxygen atoms in total. The van der Waals surface area contributed by atoms with Gasteiger partial charge in [-0.25, -0.2) is 10.4 Å². The molecule has 1 amide bonds. The maximum atomic E-state index is 11.5. The highest BCUT2D eigenvalue weighted by Gasteiger charge is 2.26. The summed E-state index contributed by atoms with van der Waals surface area (Å²) in [5.74, 6) is 1.11. The first kappa shape index (κ1) is 15.6. The molecule has 25 heavy (non-hydrogen) atoms. The van der Waals surface area contributed by atoms with Gasteiger partial charge in [-0.15, -0.1) is 0 Å². The number of nitrogens with zero attached hydrogens (tertiary/aromatic N) is 1. The Kier molecular flexibility index (Phi) is 4.07. The zero-order valence-electron chi connectivity index (χ0n) is 14.0. The molecule has 0 bridgehead atoms. The Bertz CT molecular complexity index is 929. The Morgan fingerprint density at radius 1 is 1.12 bits per heavy atom. The molecule has 1 aromatic heterocycles. The van der Waals surface area contributed by atoms with Crippen LogP contribution in [0.25, 0.3) is 23.2 Å². The van der Waals surface area contributed by atoms with Gasteiger partial charge in [0.2, 0.25) is 5.91 Å². The van der Waals surface area contributed by atoms with Crippen LogP contribution in [0, 0.1) is 5.92 Å². The van der Waals surface area contributed by atoms with Crippen LogP contribution < -0.4 is 10.9 Å². The summed E-state index contributed by atoms with van der Waals surface area (Å²) in [7, 11) is 0. The average Bonchev–Trinajstić information content (AvgIpc) is 3.03. The fraction of sp³-hybridized carbons (Fsp3) is 0.200. The number of fused-ring (bicyclic) bond motifs is 1. The number of rotatable bonds is 3. The molecule has 1 aliphatic heterocycles.